The van der Waals surface area contributed by atoms with Gasteiger partial charge in [-0.05, 0) is 12.8 Å². The number of hydrogen-bond donors (Lipinski definition) is 1. The molecular weight excluding hydrogens is 192 g/mol. The molecule has 1 rings (SSSR count). The number of thiazole rings is 1. The molecule has 1 aromatic heterocycles. The van der Waals surface area contributed by atoms with Crippen LogP contribution in [-0.2, 0) is 0 Å². The van der Waals surface area contributed by atoms with Gasteiger partial charge in [0.15, 0.2) is 0 Å². The summed E-state index contributed by atoms with van der Waals surface area (Å²) in [6, 6.07) is 0.458. The quantitative estimate of drug-likeness (QED) is 0.752. The summed E-state index contributed by atoms with van der Waals surface area (Å²) in [5, 5.41) is 6.54. The standard InChI is InChI=1S/C11H16N2S/c1-4-9(5-2)13-10(6-3)11-12-7-8-14-11/h1,7-10,13H,5-6H2,2-3H3. The van der Waals surface area contributed by atoms with Crippen LogP contribution in [-0.4, -0.2) is 11.0 Å². The molecule has 76 valence electrons. The van der Waals surface area contributed by atoms with Crippen LogP contribution in [0.5, 0.6) is 0 Å². The van der Waals surface area contributed by atoms with Crippen molar-refractivity contribution < 1.29 is 0 Å². The molecule has 0 spiro atoms. The first-order chi connectivity index (χ1) is 6.81. The number of hydrogen-bond acceptors (Lipinski definition) is 3. The molecule has 1 heterocycles. The fourth-order valence-corrected chi connectivity index (χ4v) is 2.08. The Labute approximate surface area is 89.8 Å². The zero-order valence-corrected chi connectivity index (χ0v) is 9.47. The van der Waals surface area contributed by atoms with Crippen molar-refractivity contribution in [2.24, 2.45) is 0 Å². The molecule has 0 aliphatic heterocycles. The van der Waals surface area contributed by atoms with Gasteiger partial charge in [-0.1, -0.05) is 19.8 Å². The summed E-state index contributed by atoms with van der Waals surface area (Å²) in [5.74, 6) is 2.74. The van der Waals surface area contributed by atoms with E-state index in [0.29, 0.717) is 6.04 Å². The van der Waals surface area contributed by atoms with Crippen LogP contribution < -0.4 is 5.32 Å². The van der Waals surface area contributed by atoms with Gasteiger partial charge in [0, 0.05) is 11.6 Å². The van der Waals surface area contributed by atoms with Gasteiger partial charge in [0.25, 0.3) is 0 Å². The molecule has 0 aliphatic carbocycles. The summed E-state index contributed by atoms with van der Waals surface area (Å²) >= 11 is 1.68. The third kappa shape index (κ3) is 2.83. The fraction of sp³-hybridized carbons (Fsp3) is 0.545. The highest BCUT2D eigenvalue weighted by Gasteiger charge is 2.14. The fourth-order valence-electron chi connectivity index (χ4n) is 1.30. The second-order valence-electron chi connectivity index (χ2n) is 3.13. The molecule has 0 saturated carbocycles. The van der Waals surface area contributed by atoms with Crippen LogP contribution >= 0.6 is 11.3 Å². The molecule has 0 fully saturated rings. The van der Waals surface area contributed by atoms with Crippen molar-refractivity contribution in [3.8, 4) is 12.3 Å². The molecule has 2 unspecified atom stereocenters. The number of terminal acetylenes is 1. The smallest absolute Gasteiger partial charge is 0.109 e. The molecule has 0 saturated heterocycles. The highest BCUT2D eigenvalue weighted by Crippen LogP contribution is 2.19. The van der Waals surface area contributed by atoms with Crippen LogP contribution in [0.25, 0.3) is 0 Å². The Hall–Kier alpha value is -0.850. The molecule has 2 nitrogen and oxygen atoms in total. The highest BCUT2D eigenvalue weighted by atomic mass is 32.1. The summed E-state index contributed by atoms with van der Waals surface area (Å²) in [4.78, 5) is 4.30. The Bertz CT molecular complexity index is 287. The van der Waals surface area contributed by atoms with Crippen molar-refractivity contribution in [3.63, 3.8) is 0 Å². The summed E-state index contributed by atoms with van der Waals surface area (Å²) in [7, 11) is 0. The predicted octanol–water partition coefficient (Wildman–Crippen LogP) is 2.60. The molecule has 0 bridgehead atoms. The molecule has 0 aliphatic rings. The van der Waals surface area contributed by atoms with E-state index in [-0.39, 0.29) is 6.04 Å². The van der Waals surface area contributed by atoms with Gasteiger partial charge in [-0.3, -0.25) is 5.32 Å². The van der Waals surface area contributed by atoms with E-state index >= 15 is 0 Å². The van der Waals surface area contributed by atoms with Crippen LogP contribution in [0.2, 0.25) is 0 Å². The second-order valence-corrected chi connectivity index (χ2v) is 4.05. The van der Waals surface area contributed by atoms with E-state index in [0.717, 1.165) is 17.8 Å². The average Bonchev–Trinajstić information content (AvgIpc) is 2.73. The van der Waals surface area contributed by atoms with Gasteiger partial charge in [0.1, 0.15) is 5.01 Å². The summed E-state index contributed by atoms with van der Waals surface area (Å²) in [6.07, 6.45) is 9.22. The first kappa shape index (κ1) is 11.2. The first-order valence-corrected chi connectivity index (χ1v) is 5.81. The largest absolute Gasteiger partial charge is 0.295 e. The maximum atomic E-state index is 5.41. The van der Waals surface area contributed by atoms with E-state index in [1.165, 1.54) is 0 Å². The molecule has 1 aromatic rings. The zero-order chi connectivity index (χ0) is 10.4. The van der Waals surface area contributed by atoms with Gasteiger partial charge in [-0.15, -0.1) is 17.8 Å². The molecule has 3 heteroatoms. The Morgan fingerprint density at radius 3 is 2.79 bits per heavy atom. The van der Waals surface area contributed by atoms with Crippen molar-refractivity contribution in [2.75, 3.05) is 0 Å². The minimum absolute atomic E-state index is 0.156. The lowest BCUT2D eigenvalue weighted by Crippen LogP contribution is -2.30. The molecule has 1 N–H and O–H groups in total. The van der Waals surface area contributed by atoms with E-state index in [9.17, 15) is 0 Å². The van der Waals surface area contributed by atoms with Gasteiger partial charge >= 0.3 is 0 Å². The van der Waals surface area contributed by atoms with E-state index < -0.39 is 0 Å². The van der Waals surface area contributed by atoms with Crippen molar-refractivity contribution in [2.45, 2.75) is 38.8 Å². The van der Waals surface area contributed by atoms with Crippen molar-refractivity contribution in [1.29, 1.82) is 0 Å². The van der Waals surface area contributed by atoms with E-state index in [1.807, 2.05) is 11.6 Å². The monoisotopic (exact) mass is 208 g/mol. The highest BCUT2D eigenvalue weighted by molar-refractivity contribution is 7.09. The minimum atomic E-state index is 0.156. The number of nitrogens with zero attached hydrogens (tertiary/aromatic N) is 1. The summed E-state index contributed by atoms with van der Waals surface area (Å²) in [6.45, 7) is 4.23. The van der Waals surface area contributed by atoms with Crippen molar-refractivity contribution in [1.82, 2.24) is 10.3 Å². The molecule has 14 heavy (non-hydrogen) atoms. The van der Waals surface area contributed by atoms with Crippen LogP contribution in [0.15, 0.2) is 11.6 Å². The topological polar surface area (TPSA) is 24.9 Å². The minimum Gasteiger partial charge on any atom is -0.295 e. The average molecular weight is 208 g/mol. The predicted molar refractivity (Wildman–Crippen MR) is 61.2 cm³/mol. The van der Waals surface area contributed by atoms with Gasteiger partial charge < -0.3 is 0 Å². The Morgan fingerprint density at radius 2 is 2.36 bits per heavy atom. The SMILES string of the molecule is C#CC(CC)NC(CC)c1nccs1. The Morgan fingerprint density at radius 1 is 1.57 bits per heavy atom. The molecule has 0 aromatic carbocycles. The van der Waals surface area contributed by atoms with Gasteiger partial charge in [-0.25, -0.2) is 4.98 Å². The van der Waals surface area contributed by atoms with E-state index in [1.54, 1.807) is 11.3 Å². The maximum absolute atomic E-state index is 5.41. The maximum Gasteiger partial charge on any atom is 0.109 e. The third-order valence-corrected chi connectivity index (χ3v) is 3.06. The van der Waals surface area contributed by atoms with Crippen molar-refractivity contribution in [3.05, 3.63) is 16.6 Å². The lowest BCUT2D eigenvalue weighted by Gasteiger charge is -2.18. The summed E-state index contributed by atoms with van der Waals surface area (Å²) < 4.78 is 0. The van der Waals surface area contributed by atoms with Gasteiger partial charge in [0.05, 0.1) is 12.1 Å². The molecule has 0 amide bonds. The molecular formula is C11H16N2S. The van der Waals surface area contributed by atoms with Crippen LogP contribution in [0.4, 0.5) is 0 Å². The van der Waals surface area contributed by atoms with Crippen LogP contribution in [0.3, 0.4) is 0 Å². The summed E-state index contributed by atoms with van der Waals surface area (Å²) in [5.41, 5.74) is 0. The van der Waals surface area contributed by atoms with Gasteiger partial charge in [0.2, 0.25) is 0 Å². The lowest BCUT2D eigenvalue weighted by atomic mass is 10.1. The normalized spacial score (nSPS) is 14.6. The second kappa shape index (κ2) is 5.79. The number of rotatable bonds is 5. The lowest BCUT2D eigenvalue weighted by molar-refractivity contribution is 0.470. The molecule has 0 radical (unpaired) electrons. The number of aromatic nitrogens is 1. The van der Waals surface area contributed by atoms with Crippen LogP contribution in [0, 0.1) is 12.3 Å². The Balaban J connectivity index is 2.60. The van der Waals surface area contributed by atoms with Gasteiger partial charge in [-0.2, -0.15) is 0 Å². The van der Waals surface area contributed by atoms with Crippen LogP contribution in [0.1, 0.15) is 37.7 Å². The number of nitrogens with one attached hydrogen (secondary N) is 1. The zero-order valence-electron chi connectivity index (χ0n) is 8.66. The van der Waals surface area contributed by atoms with E-state index in [4.69, 9.17) is 6.42 Å². The molecule has 2 atom stereocenters. The van der Waals surface area contributed by atoms with E-state index in [2.05, 4.69) is 30.1 Å². The first-order valence-electron chi connectivity index (χ1n) is 4.93. The third-order valence-electron chi connectivity index (χ3n) is 2.17. The Kier molecular flexibility index (Phi) is 4.64. The van der Waals surface area contributed by atoms with Crippen molar-refractivity contribution >= 4 is 11.3 Å².